The summed E-state index contributed by atoms with van der Waals surface area (Å²) in [5, 5.41) is 3.72. The number of fused-ring (bicyclic) bond motifs is 1. The van der Waals surface area contributed by atoms with E-state index in [4.69, 9.17) is 9.26 Å². The van der Waals surface area contributed by atoms with Crippen LogP contribution in [0.25, 0.3) is 11.4 Å². The second-order valence-electron chi connectivity index (χ2n) is 6.71. The predicted molar refractivity (Wildman–Crippen MR) is 94.9 cm³/mol. The highest BCUT2D eigenvalue weighted by Crippen LogP contribution is 2.30. The number of methoxy groups -OCH3 is 1. The fraction of sp³-hybridized carbons (Fsp3) is 0.250. The Hall–Kier alpha value is -3.20. The van der Waals surface area contributed by atoms with Crippen molar-refractivity contribution in [1.29, 1.82) is 0 Å². The summed E-state index contributed by atoms with van der Waals surface area (Å²) in [6.07, 6.45) is 0. The summed E-state index contributed by atoms with van der Waals surface area (Å²) in [4.78, 5) is 18.3. The maximum Gasteiger partial charge on any atom is 0.314 e. The fourth-order valence-electron chi connectivity index (χ4n) is 3.46. The molecule has 4 rings (SSSR count). The Morgan fingerprint density at radius 3 is 2.69 bits per heavy atom. The van der Waals surface area contributed by atoms with Gasteiger partial charge >= 0.3 is 5.97 Å². The van der Waals surface area contributed by atoms with Crippen molar-refractivity contribution in [3.05, 3.63) is 70.9 Å². The number of carbonyl (C=O) groups is 1. The lowest BCUT2D eigenvalue weighted by Gasteiger charge is -2.32. The molecule has 3 aromatic rings. The maximum atomic E-state index is 13.4. The van der Waals surface area contributed by atoms with Crippen LogP contribution in [0.2, 0.25) is 0 Å². The van der Waals surface area contributed by atoms with Crippen LogP contribution in [-0.4, -0.2) is 34.7 Å². The van der Waals surface area contributed by atoms with E-state index >= 15 is 0 Å². The van der Waals surface area contributed by atoms with E-state index in [1.54, 1.807) is 0 Å². The molecular weight excluding hydrogens is 387 g/mol. The van der Waals surface area contributed by atoms with Gasteiger partial charge in [-0.25, -0.2) is 13.2 Å². The lowest BCUT2D eigenvalue weighted by molar-refractivity contribution is -0.143. The summed E-state index contributed by atoms with van der Waals surface area (Å²) in [7, 11) is 1.34. The number of halogens is 3. The normalized spacial score (nSPS) is 16.5. The van der Waals surface area contributed by atoms with Crippen molar-refractivity contribution in [2.75, 3.05) is 13.7 Å². The Balaban J connectivity index is 1.56. The molecule has 0 fully saturated rings. The van der Waals surface area contributed by atoms with Crippen molar-refractivity contribution in [2.24, 2.45) is 0 Å². The van der Waals surface area contributed by atoms with Crippen molar-refractivity contribution >= 4 is 5.97 Å². The molecule has 0 aliphatic carbocycles. The molecule has 0 spiro atoms. The minimum absolute atomic E-state index is 0.0344. The van der Waals surface area contributed by atoms with E-state index in [1.807, 2.05) is 29.2 Å². The van der Waals surface area contributed by atoms with E-state index in [1.165, 1.54) is 7.11 Å². The van der Waals surface area contributed by atoms with Gasteiger partial charge in [-0.05, 0) is 23.3 Å². The molecule has 1 aliphatic rings. The highest BCUT2D eigenvalue weighted by Gasteiger charge is 2.31. The van der Waals surface area contributed by atoms with Crippen LogP contribution < -0.4 is 0 Å². The van der Waals surface area contributed by atoms with Crippen LogP contribution in [0.5, 0.6) is 0 Å². The highest BCUT2D eigenvalue weighted by atomic mass is 19.2. The summed E-state index contributed by atoms with van der Waals surface area (Å²) < 4.78 is 50.1. The van der Waals surface area contributed by atoms with Gasteiger partial charge in [0.15, 0.2) is 17.5 Å². The van der Waals surface area contributed by atoms with Gasteiger partial charge in [0.1, 0.15) is 0 Å². The van der Waals surface area contributed by atoms with Crippen LogP contribution in [0.1, 0.15) is 22.9 Å². The largest absolute Gasteiger partial charge is 0.469 e. The molecule has 1 aromatic heterocycles. The third kappa shape index (κ3) is 3.73. The Labute approximate surface area is 163 Å². The van der Waals surface area contributed by atoms with Gasteiger partial charge in [-0.2, -0.15) is 4.98 Å². The molecule has 9 heteroatoms. The van der Waals surface area contributed by atoms with Gasteiger partial charge in [0.2, 0.25) is 11.7 Å². The number of carbonyl (C=O) groups excluding carboxylic acids is 1. The number of benzene rings is 2. The summed E-state index contributed by atoms with van der Waals surface area (Å²) in [6.45, 7) is 1.17. The molecule has 1 atom stereocenters. The molecule has 1 unspecified atom stereocenters. The molecule has 2 heterocycles. The number of aromatic nitrogens is 2. The van der Waals surface area contributed by atoms with Crippen molar-refractivity contribution in [3.63, 3.8) is 0 Å². The SMILES string of the molecule is COC(=O)C1CN(Cc2nc(-c3cc(F)c(F)c(F)c3)no2)Cc2ccccc21. The Morgan fingerprint density at radius 1 is 1.24 bits per heavy atom. The average Bonchev–Trinajstić information content (AvgIpc) is 3.19. The summed E-state index contributed by atoms with van der Waals surface area (Å²) >= 11 is 0. The van der Waals surface area contributed by atoms with Gasteiger partial charge in [0.25, 0.3) is 0 Å². The van der Waals surface area contributed by atoms with Crippen molar-refractivity contribution in [1.82, 2.24) is 15.0 Å². The Kier molecular flexibility index (Phi) is 5.06. The Morgan fingerprint density at radius 2 is 1.97 bits per heavy atom. The molecule has 0 saturated heterocycles. The van der Waals surface area contributed by atoms with Gasteiger partial charge < -0.3 is 9.26 Å². The van der Waals surface area contributed by atoms with Gasteiger partial charge in [-0.1, -0.05) is 29.4 Å². The number of ether oxygens (including phenoxy) is 1. The lowest BCUT2D eigenvalue weighted by Crippen LogP contribution is -2.37. The first-order valence-electron chi connectivity index (χ1n) is 8.81. The molecule has 0 bridgehead atoms. The second kappa shape index (κ2) is 7.67. The van der Waals surface area contributed by atoms with Crippen LogP contribution in [0.3, 0.4) is 0 Å². The van der Waals surface area contributed by atoms with Crippen LogP contribution in [-0.2, 0) is 22.6 Å². The van der Waals surface area contributed by atoms with Gasteiger partial charge in [-0.3, -0.25) is 9.69 Å². The molecule has 0 N–H and O–H groups in total. The standard InChI is InChI=1S/C20H16F3N3O3/c1-28-20(27)14-9-26(8-11-4-2-3-5-13(11)14)10-17-24-19(25-29-17)12-6-15(21)18(23)16(22)7-12/h2-7,14H,8-10H2,1H3. The third-order valence-electron chi connectivity index (χ3n) is 4.82. The van der Waals surface area contributed by atoms with E-state index in [9.17, 15) is 18.0 Å². The molecule has 150 valence electrons. The van der Waals surface area contributed by atoms with Crippen LogP contribution in [0.15, 0.2) is 40.9 Å². The van der Waals surface area contributed by atoms with Crippen molar-refractivity contribution < 1.29 is 27.2 Å². The molecular formula is C20H16F3N3O3. The molecule has 2 aromatic carbocycles. The zero-order valence-corrected chi connectivity index (χ0v) is 15.4. The third-order valence-corrected chi connectivity index (χ3v) is 4.82. The van der Waals surface area contributed by atoms with Gasteiger partial charge in [-0.15, -0.1) is 0 Å². The predicted octanol–water partition coefficient (Wildman–Crippen LogP) is 3.43. The molecule has 0 saturated carbocycles. The minimum atomic E-state index is -1.56. The molecule has 29 heavy (non-hydrogen) atoms. The van der Waals surface area contributed by atoms with E-state index < -0.39 is 23.4 Å². The van der Waals surface area contributed by atoms with Gasteiger partial charge in [0.05, 0.1) is 19.6 Å². The van der Waals surface area contributed by atoms with E-state index in [-0.39, 0.29) is 29.8 Å². The number of esters is 1. The fourth-order valence-corrected chi connectivity index (χ4v) is 3.46. The summed E-state index contributed by atoms with van der Waals surface area (Å²) in [6, 6.07) is 9.20. The summed E-state index contributed by atoms with van der Waals surface area (Å²) in [5.74, 6) is -4.87. The molecule has 1 aliphatic heterocycles. The maximum absolute atomic E-state index is 13.4. The second-order valence-corrected chi connectivity index (χ2v) is 6.71. The first kappa shape index (κ1) is 19.1. The van der Waals surface area contributed by atoms with Crippen LogP contribution in [0, 0.1) is 17.5 Å². The first-order valence-corrected chi connectivity index (χ1v) is 8.81. The van der Waals surface area contributed by atoms with Crippen LogP contribution >= 0.6 is 0 Å². The first-order chi connectivity index (χ1) is 14.0. The minimum Gasteiger partial charge on any atom is -0.469 e. The average molecular weight is 403 g/mol. The monoisotopic (exact) mass is 403 g/mol. The zero-order chi connectivity index (χ0) is 20.5. The Bertz CT molecular complexity index is 1050. The van der Waals surface area contributed by atoms with E-state index in [2.05, 4.69) is 10.1 Å². The lowest BCUT2D eigenvalue weighted by atomic mass is 9.90. The zero-order valence-electron chi connectivity index (χ0n) is 15.4. The van der Waals surface area contributed by atoms with E-state index in [0.29, 0.717) is 13.1 Å². The van der Waals surface area contributed by atoms with Crippen molar-refractivity contribution in [2.45, 2.75) is 19.0 Å². The van der Waals surface area contributed by atoms with Gasteiger partial charge in [0, 0.05) is 18.7 Å². The summed E-state index contributed by atoms with van der Waals surface area (Å²) in [5.41, 5.74) is 1.86. The number of hydrogen-bond donors (Lipinski definition) is 0. The smallest absolute Gasteiger partial charge is 0.314 e. The van der Waals surface area contributed by atoms with Crippen LogP contribution in [0.4, 0.5) is 13.2 Å². The molecule has 0 radical (unpaired) electrons. The van der Waals surface area contributed by atoms with E-state index in [0.717, 1.165) is 23.3 Å². The quantitative estimate of drug-likeness (QED) is 0.491. The molecule has 0 amide bonds. The number of hydrogen-bond acceptors (Lipinski definition) is 6. The highest BCUT2D eigenvalue weighted by molar-refractivity contribution is 5.79. The van der Waals surface area contributed by atoms with Crippen molar-refractivity contribution in [3.8, 4) is 11.4 Å². The molecule has 6 nitrogen and oxygen atoms in total. The number of nitrogens with zero attached hydrogens (tertiary/aromatic N) is 3. The number of rotatable bonds is 4. The topological polar surface area (TPSA) is 68.5 Å².